The predicted octanol–water partition coefficient (Wildman–Crippen LogP) is 1.67. The fourth-order valence-electron chi connectivity index (χ4n) is 2.51. The van der Waals surface area contributed by atoms with Crippen molar-refractivity contribution >= 4 is 0 Å². The third-order valence-electron chi connectivity index (χ3n) is 3.63. The molecule has 1 saturated heterocycles. The maximum absolute atomic E-state index is 5.63. The number of hydrogen-bond acceptors (Lipinski definition) is 3. The molecule has 2 rings (SSSR count). The number of benzene rings is 1. The number of likely N-dealkylation sites (N-methyl/N-ethyl adjacent to an activating group) is 1. The van der Waals surface area contributed by atoms with E-state index in [9.17, 15) is 0 Å². The van der Waals surface area contributed by atoms with Gasteiger partial charge in [-0.25, -0.2) is 5.01 Å². The molecular formula is C14H23N3. The van der Waals surface area contributed by atoms with Gasteiger partial charge in [0.05, 0.1) is 0 Å². The number of nitrogens with two attached hydrogens (primary N) is 1. The van der Waals surface area contributed by atoms with Crippen LogP contribution in [0.5, 0.6) is 0 Å². The first kappa shape index (κ1) is 12.6. The van der Waals surface area contributed by atoms with Crippen LogP contribution in [-0.4, -0.2) is 43.1 Å². The average molecular weight is 233 g/mol. The van der Waals surface area contributed by atoms with E-state index < -0.39 is 0 Å². The summed E-state index contributed by atoms with van der Waals surface area (Å²) < 4.78 is 0. The quantitative estimate of drug-likeness (QED) is 0.634. The Morgan fingerprint density at radius 2 is 1.88 bits per heavy atom. The topological polar surface area (TPSA) is 32.5 Å². The Labute approximate surface area is 104 Å². The molecular weight excluding hydrogens is 210 g/mol. The number of piperidine rings is 1. The van der Waals surface area contributed by atoms with Gasteiger partial charge in [-0.05, 0) is 37.4 Å². The van der Waals surface area contributed by atoms with Gasteiger partial charge in [0, 0.05) is 20.1 Å². The summed E-state index contributed by atoms with van der Waals surface area (Å²) in [7, 11) is 1.93. The Bertz CT molecular complexity index is 315. The lowest BCUT2D eigenvalue weighted by Gasteiger charge is -2.32. The minimum atomic E-state index is 0.753. The molecule has 1 aromatic rings. The van der Waals surface area contributed by atoms with Crippen molar-refractivity contribution in [2.75, 3.05) is 33.2 Å². The Kier molecular flexibility index (Phi) is 4.54. The maximum Gasteiger partial charge on any atom is 0.0253 e. The molecule has 1 aliphatic rings. The molecule has 0 unspecified atom stereocenters. The molecule has 2 N–H and O–H groups in total. The Hall–Kier alpha value is -0.900. The van der Waals surface area contributed by atoms with Crippen LogP contribution >= 0.6 is 0 Å². The van der Waals surface area contributed by atoms with E-state index >= 15 is 0 Å². The first-order valence-electron chi connectivity index (χ1n) is 6.49. The molecule has 0 atom stereocenters. The lowest BCUT2D eigenvalue weighted by atomic mass is 9.89. The lowest BCUT2D eigenvalue weighted by Crippen LogP contribution is -2.40. The van der Waals surface area contributed by atoms with E-state index in [0.29, 0.717) is 0 Å². The third kappa shape index (κ3) is 3.80. The molecule has 0 amide bonds. The second-order valence-corrected chi connectivity index (χ2v) is 5.01. The van der Waals surface area contributed by atoms with Crippen LogP contribution in [-0.2, 0) is 0 Å². The van der Waals surface area contributed by atoms with E-state index in [4.69, 9.17) is 5.84 Å². The molecule has 3 nitrogen and oxygen atoms in total. The van der Waals surface area contributed by atoms with Gasteiger partial charge in [0.25, 0.3) is 0 Å². The molecule has 3 heteroatoms. The zero-order valence-corrected chi connectivity index (χ0v) is 10.7. The second-order valence-electron chi connectivity index (χ2n) is 5.01. The Morgan fingerprint density at radius 1 is 1.24 bits per heavy atom. The van der Waals surface area contributed by atoms with Crippen molar-refractivity contribution in [1.82, 2.24) is 9.91 Å². The van der Waals surface area contributed by atoms with E-state index in [1.54, 1.807) is 5.01 Å². The molecule has 0 saturated carbocycles. The van der Waals surface area contributed by atoms with Crippen molar-refractivity contribution in [3.05, 3.63) is 35.9 Å². The SMILES string of the molecule is CN(N)CCN1CCC(c2ccccc2)CC1. The first-order valence-corrected chi connectivity index (χ1v) is 6.49. The average Bonchev–Trinajstić information content (AvgIpc) is 2.38. The molecule has 0 spiro atoms. The molecule has 0 radical (unpaired) electrons. The van der Waals surface area contributed by atoms with Crippen molar-refractivity contribution < 1.29 is 0 Å². The van der Waals surface area contributed by atoms with E-state index in [2.05, 4.69) is 35.2 Å². The largest absolute Gasteiger partial charge is 0.302 e. The smallest absolute Gasteiger partial charge is 0.0253 e. The minimum absolute atomic E-state index is 0.753. The van der Waals surface area contributed by atoms with E-state index in [1.807, 2.05) is 7.05 Å². The molecule has 0 bridgehead atoms. The summed E-state index contributed by atoms with van der Waals surface area (Å²) in [5.74, 6) is 6.39. The highest BCUT2D eigenvalue weighted by molar-refractivity contribution is 5.19. The first-order chi connectivity index (χ1) is 8.25. The molecule has 0 aliphatic carbocycles. The predicted molar refractivity (Wildman–Crippen MR) is 71.7 cm³/mol. The maximum atomic E-state index is 5.63. The highest BCUT2D eigenvalue weighted by atomic mass is 15.4. The number of hydrazine groups is 1. The molecule has 0 aromatic heterocycles. The van der Waals surface area contributed by atoms with Crippen molar-refractivity contribution in [2.45, 2.75) is 18.8 Å². The standard InChI is InChI=1S/C14H23N3/c1-16(15)11-12-17-9-7-14(8-10-17)13-5-3-2-4-6-13/h2-6,14H,7-12,15H2,1H3. The summed E-state index contributed by atoms with van der Waals surface area (Å²) in [5.41, 5.74) is 1.50. The third-order valence-corrected chi connectivity index (χ3v) is 3.63. The summed E-state index contributed by atoms with van der Waals surface area (Å²) in [6.07, 6.45) is 2.55. The number of rotatable bonds is 4. The van der Waals surface area contributed by atoms with Crippen LogP contribution in [0, 0.1) is 0 Å². The van der Waals surface area contributed by atoms with Crippen LogP contribution in [0.15, 0.2) is 30.3 Å². The minimum Gasteiger partial charge on any atom is -0.302 e. The van der Waals surface area contributed by atoms with Gasteiger partial charge >= 0.3 is 0 Å². The van der Waals surface area contributed by atoms with Gasteiger partial charge in [-0.2, -0.15) is 0 Å². The van der Waals surface area contributed by atoms with Crippen LogP contribution in [0.4, 0.5) is 0 Å². The van der Waals surface area contributed by atoms with Gasteiger partial charge in [0.1, 0.15) is 0 Å². The summed E-state index contributed by atoms with van der Waals surface area (Å²) in [5, 5.41) is 1.77. The van der Waals surface area contributed by atoms with Gasteiger partial charge < -0.3 is 4.90 Å². The van der Waals surface area contributed by atoms with Crippen LogP contribution in [0.25, 0.3) is 0 Å². The van der Waals surface area contributed by atoms with Crippen LogP contribution < -0.4 is 5.84 Å². The highest BCUT2D eigenvalue weighted by Gasteiger charge is 2.19. The highest BCUT2D eigenvalue weighted by Crippen LogP contribution is 2.27. The van der Waals surface area contributed by atoms with Crippen molar-refractivity contribution in [3.8, 4) is 0 Å². The Balaban J connectivity index is 1.78. The van der Waals surface area contributed by atoms with E-state index in [0.717, 1.165) is 19.0 Å². The number of likely N-dealkylation sites (tertiary alicyclic amines) is 1. The molecule has 1 aliphatic heterocycles. The van der Waals surface area contributed by atoms with Gasteiger partial charge in [0.2, 0.25) is 0 Å². The van der Waals surface area contributed by atoms with Crippen LogP contribution in [0.1, 0.15) is 24.3 Å². The van der Waals surface area contributed by atoms with E-state index in [1.165, 1.54) is 31.5 Å². The summed E-state index contributed by atoms with van der Waals surface area (Å²) in [6.45, 7) is 4.45. The molecule has 1 aromatic carbocycles. The molecule has 94 valence electrons. The number of nitrogens with zero attached hydrogens (tertiary/aromatic N) is 2. The monoisotopic (exact) mass is 233 g/mol. The fraction of sp³-hybridized carbons (Fsp3) is 0.571. The number of hydrogen-bond donors (Lipinski definition) is 1. The zero-order valence-electron chi connectivity index (χ0n) is 10.7. The van der Waals surface area contributed by atoms with Gasteiger partial charge in [-0.3, -0.25) is 5.84 Å². The second kappa shape index (κ2) is 6.15. The van der Waals surface area contributed by atoms with E-state index in [-0.39, 0.29) is 0 Å². The molecule has 17 heavy (non-hydrogen) atoms. The molecule has 1 fully saturated rings. The van der Waals surface area contributed by atoms with Gasteiger partial charge in [0.15, 0.2) is 0 Å². The molecule has 1 heterocycles. The summed E-state index contributed by atoms with van der Waals surface area (Å²) in [4.78, 5) is 2.52. The van der Waals surface area contributed by atoms with Gasteiger partial charge in [-0.15, -0.1) is 0 Å². The van der Waals surface area contributed by atoms with Crippen LogP contribution in [0.2, 0.25) is 0 Å². The normalized spacial score (nSPS) is 18.8. The summed E-state index contributed by atoms with van der Waals surface area (Å²) >= 11 is 0. The zero-order chi connectivity index (χ0) is 12.1. The van der Waals surface area contributed by atoms with Crippen molar-refractivity contribution in [2.24, 2.45) is 5.84 Å². The fourth-order valence-corrected chi connectivity index (χ4v) is 2.51. The van der Waals surface area contributed by atoms with Crippen molar-refractivity contribution in [1.29, 1.82) is 0 Å². The van der Waals surface area contributed by atoms with Gasteiger partial charge in [-0.1, -0.05) is 30.3 Å². The van der Waals surface area contributed by atoms with Crippen LogP contribution in [0.3, 0.4) is 0 Å². The summed E-state index contributed by atoms with van der Waals surface area (Å²) in [6, 6.07) is 10.9. The van der Waals surface area contributed by atoms with Crippen molar-refractivity contribution in [3.63, 3.8) is 0 Å². The lowest BCUT2D eigenvalue weighted by molar-refractivity contribution is 0.186. The Morgan fingerprint density at radius 3 is 2.47 bits per heavy atom.